The molecule has 3 aromatic rings. The second-order valence-electron chi connectivity index (χ2n) is 5.31. The number of nitro groups is 1. The van der Waals surface area contributed by atoms with Crippen LogP contribution in [0.4, 0.5) is 10.1 Å². The van der Waals surface area contributed by atoms with Crippen molar-refractivity contribution in [2.75, 3.05) is 0 Å². The first-order valence-corrected chi connectivity index (χ1v) is 7.19. The number of rotatable bonds is 4. The highest BCUT2D eigenvalue weighted by Gasteiger charge is 2.20. The number of amides is 1. The van der Waals surface area contributed by atoms with Crippen LogP contribution in [0, 0.1) is 15.9 Å². The van der Waals surface area contributed by atoms with Crippen LogP contribution in [0.5, 0.6) is 0 Å². The number of nitrogens with zero attached hydrogens (tertiary/aromatic N) is 1. The molecule has 1 N–H and O–H groups in total. The largest absolute Gasteiger partial charge is 0.459 e. The molecule has 3 rings (SSSR count). The van der Waals surface area contributed by atoms with Crippen LogP contribution in [-0.2, 0) is 0 Å². The monoisotopic (exact) mass is 328 g/mol. The van der Waals surface area contributed by atoms with Gasteiger partial charge in [0.2, 0.25) is 5.82 Å². The van der Waals surface area contributed by atoms with Gasteiger partial charge >= 0.3 is 5.69 Å². The molecule has 1 aromatic heterocycles. The number of nitrogens with one attached hydrogen (secondary N) is 1. The van der Waals surface area contributed by atoms with Gasteiger partial charge in [0, 0.05) is 17.0 Å². The third-order valence-electron chi connectivity index (χ3n) is 3.62. The summed E-state index contributed by atoms with van der Waals surface area (Å²) >= 11 is 0. The first-order chi connectivity index (χ1) is 11.5. The van der Waals surface area contributed by atoms with Crippen LogP contribution in [0.15, 0.2) is 52.9 Å². The number of hydrogen-bond acceptors (Lipinski definition) is 4. The number of furan rings is 1. The zero-order valence-corrected chi connectivity index (χ0v) is 12.7. The Hall–Kier alpha value is -3.22. The van der Waals surface area contributed by atoms with E-state index in [1.807, 2.05) is 30.3 Å². The van der Waals surface area contributed by atoms with Crippen LogP contribution in [0.2, 0.25) is 0 Å². The Labute approximate surface area is 136 Å². The number of halogens is 1. The Balaban J connectivity index is 1.81. The second-order valence-corrected chi connectivity index (χ2v) is 5.31. The van der Waals surface area contributed by atoms with E-state index < -0.39 is 28.4 Å². The zero-order valence-electron chi connectivity index (χ0n) is 12.7. The predicted molar refractivity (Wildman–Crippen MR) is 85.1 cm³/mol. The maximum absolute atomic E-state index is 13.3. The molecule has 0 radical (unpaired) electrons. The summed E-state index contributed by atoms with van der Waals surface area (Å²) in [5.74, 6) is -0.978. The van der Waals surface area contributed by atoms with Crippen molar-refractivity contribution < 1.29 is 18.5 Å². The molecule has 0 saturated carbocycles. The third kappa shape index (κ3) is 2.96. The molecule has 0 fully saturated rings. The molecular weight excluding hydrogens is 315 g/mol. The van der Waals surface area contributed by atoms with Gasteiger partial charge in [0.25, 0.3) is 5.91 Å². The van der Waals surface area contributed by atoms with Crippen LogP contribution in [-0.4, -0.2) is 10.8 Å². The molecule has 1 amide bonds. The van der Waals surface area contributed by atoms with E-state index in [2.05, 4.69) is 5.32 Å². The van der Waals surface area contributed by atoms with Crippen LogP contribution >= 0.6 is 0 Å². The van der Waals surface area contributed by atoms with Crippen molar-refractivity contribution in [3.63, 3.8) is 0 Å². The Morgan fingerprint density at radius 1 is 1.25 bits per heavy atom. The van der Waals surface area contributed by atoms with Crippen LogP contribution in [0.25, 0.3) is 11.0 Å². The number of nitro benzene ring substituents is 1. The van der Waals surface area contributed by atoms with Crippen molar-refractivity contribution in [1.82, 2.24) is 5.32 Å². The molecule has 122 valence electrons. The molecule has 0 aliphatic rings. The Bertz CT molecular complexity index is 902. The fourth-order valence-electron chi connectivity index (χ4n) is 2.36. The van der Waals surface area contributed by atoms with Gasteiger partial charge < -0.3 is 9.73 Å². The summed E-state index contributed by atoms with van der Waals surface area (Å²) in [6.07, 6.45) is 0. The number of hydrogen-bond donors (Lipinski definition) is 1. The molecule has 0 spiro atoms. The molecule has 2 aromatic carbocycles. The highest BCUT2D eigenvalue weighted by Crippen LogP contribution is 2.24. The fraction of sp³-hybridized carbons (Fsp3) is 0.118. The van der Waals surface area contributed by atoms with E-state index in [0.717, 1.165) is 17.5 Å². The number of carbonyl (C=O) groups excluding carboxylic acids is 1. The maximum atomic E-state index is 13.3. The first-order valence-electron chi connectivity index (χ1n) is 7.19. The zero-order chi connectivity index (χ0) is 17.3. The van der Waals surface area contributed by atoms with Gasteiger partial charge in [0.1, 0.15) is 11.3 Å². The molecule has 0 aliphatic heterocycles. The number of para-hydroxylation sites is 1. The van der Waals surface area contributed by atoms with Crippen LogP contribution in [0.3, 0.4) is 0 Å². The minimum Gasteiger partial charge on any atom is -0.459 e. The molecule has 0 saturated heterocycles. The van der Waals surface area contributed by atoms with Gasteiger partial charge in [-0.25, -0.2) is 0 Å². The summed E-state index contributed by atoms with van der Waals surface area (Å²) in [5, 5.41) is 14.3. The summed E-state index contributed by atoms with van der Waals surface area (Å²) in [7, 11) is 0. The van der Waals surface area contributed by atoms with Gasteiger partial charge in [-0.1, -0.05) is 18.2 Å². The van der Waals surface area contributed by atoms with Gasteiger partial charge in [-0.15, -0.1) is 0 Å². The molecular formula is C17H13FN2O4. The van der Waals surface area contributed by atoms with E-state index in [4.69, 9.17) is 4.42 Å². The van der Waals surface area contributed by atoms with Crippen molar-refractivity contribution in [1.29, 1.82) is 0 Å². The average molecular weight is 328 g/mol. The van der Waals surface area contributed by atoms with E-state index in [0.29, 0.717) is 11.3 Å². The van der Waals surface area contributed by atoms with Crippen molar-refractivity contribution in [3.05, 3.63) is 75.8 Å². The summed E-state index contributed by atoms with van der Waals surface area (Å²) in [6.45, 7) is 1.73. The smallest absolute Gasteiger partial charge is 0.305 e. The highest BCUT2D eigenvalue weighted by molar-refractivity contribution is 5.95. The van der Waals surface area contributed by atoms with Crippen LogP contribution < -0.4 is 5.32 Å². The molecule has 0 bridgehead atoms. The molecule has 1 atom stereocenters. The Morgan fingerprint density at radius 3 is 2.71 bits per heavy atom. The number of benzene rings is 2. The minimum atomic E-state index is -0.984. The SMILES string of the molecule is C[C@@H](NC(=O)c1ccc(F)c([N+](=O)[O-])c1)c1cc2ccccc2o1. The van der Waals surface area contributed by atoms with E-state index in [9.17, 15) is 19.3 Å². The van der Waals surface area contributed by atoms with Gasteiger partial charge in [-0.05, 0) is 31.2 Å². The standard InChI is InChI=1S/C17H13FN2O4/c1-10(16-9-11-4-2-3-5-15(11)24-16)19-17(21)12-6-7-13(18)14(8-12)20(22)23/h2-10H,1H3,(H,19,21)/t10-/m1/s1. The normalized spacial score (nSPS) is 12.1. The van der Waals surface area contributed by atoms with Crippen LogP contribution in [0.1, 0.15) is 29.1 Å². The minimum absolute atomic E-state index is 0.00561. The molecule has 24 heavy (non-hydrogen) atoms. The predicted octanol–water partition coefficient (Wildman–Crippen LogP) is 3.97. The Morgan fingerprint density at radius 2 is 2.00 bits per heavy atom. The van der Waals surface area contributed by atoms with Crippen molar-refractivity contribution >= 4 is 22.6 Å². The van der Waals surface area contributed by atoms with Crippen molar-refractivity contribution in [2.24, 2.45) is 0 Å². The fourth-order valence-corrected chi connectivity index (χ4v) is 2.36. The van der Waals surface area contributed by atoms with Crippen molar-refractivity contribution in [3.8, 4) is 0 Å². The molecule has 0 unspecified atom stereocenters. The third-order valence-corrected chi connectivity index (χ3v) is 3.62. The van der Waals surface area contributed by atoms with Gasteiger partial charge in [-0.2, -0.15) is 4.39 Å². The van der Waals surface area contributed by atoms with Gasteiger partial charge in [-0.3, -0.25) is 14.9 Å². The maximum Gasteiger partial charge on any atom is 0.305 e. The molecule has 6 nitrogen and oxygen atoms in total. The molecule has 0 aliphatic carbocycles. The first kappa shape index (κ1) is 15.7. The summed E-state index contributed by atoms with van der Waals surface area (Å²) < 4.78 is 19.0. The van der Waals surface area contributed by atoms with Crippen molar-refractivity contribution in [2.45, 2.75) is 13.0 Å². The lowest BCUT2D eigenvalue weighted by Crippen LogP contribution is -2.26. The quantitative estimate of drug-likeness (QED) is 0.580. The highest BCUT2D eigenvalue weighted by atomic mass is 19.1. The molecule has 7 heteroatoms. The van der Waals surface area contributed by atoms with E-state index in [-0.39, 0.29) is 5.56 Å². The summed E-state index contributed by atoms with van der Waals surface area (Å²) in [4.78, 5) is 22.1. The Kier molecular flexibility index (Phi) is 3.99. The summed E-state index contributed by atoms with van der Waals surface area (Å²) in [5.41, 5.74) is -0.0314. The lowest BCUT2D eigenvalue weighted by atomic mass is 10.1. The topological polar surface area (TPSA) is 85.4 Å². The second kappa shape index (κ2) is 6.11. The molecule has 1 heterocycles. The van der Waals surface area contributed by atoms with Gasteiger partial charge in [0.05, 0.1) is 11.0 Å². The lowest BCUT2D eigenvalue weighted by molar-refractivity contribution is -0.387. The number of carbonyl (C=O) groups is 1. The van der Waals surface area contributed by atoms with Gasteiger partial charge in [0.15, 0.2) is 0 Å². The van der Waals surface area contributed by atoms with E-state index >= 15 is 0 Å². The average Bonchev–Trinajstić information content (AvgIpc) is 2.99. The lowest BCUT2D eigenvalue weighted by Gasteiger charge is -2.11. The summed E-state index contributed by atoms with van der Waals surface area (Å²) in [6, 6.07) is 11.8. The van der Waals surface area contributed by atoms with E-state index in [1.165, 1.54) is 6.07 Å². The van der Waals surface area contributed by atoms with E-state index in [1.54, 1.807) is 6.92 Å². The number of fused-ring (bicyclic) bond motifs is 1.